The van der Waals surface area contributed by atoms with Gasteiger partial charge in [0, 0.05) is 18.7 Å². The number of carbonyl (C=O) groups excluding carboxylic acids is 1. The molecule has 1 unspecified atom stereocenters. The highest BCUT2D eigenvalue weighted by Crippen LogP contribution is 1.98. The molecule has 1 heterocycles. The molecule has 0 aromatic carbocycles. The number of hydrogen-bond acceptors (Lipinski definition) is 3. The van der Waals surface area contributed by atoms with E-state index in [1.807, 2.05) is 6.92 Å². The minimum absolute atomic E-state index is 0.0637. The van der Waals surface area contributed by atoms with Gasteiger partial charge < -0.3 is 10.3 Å². The fourth-order valence-electron chi connectivity index (χ4n) is 1.17. The second kappa shape index (κ2) is 5.71. The number of nitrogens with one attached hydrogen (secondary N) is 2. The van der Waals surface area contributed by atoms with Gasteiger partial charge in [0.1, 0.15) is 5.69 Å². The molecule has 1 atom stereocenters. The van der Waals surface area contributed by atoms with Gasteiger partial charge in [-0.2, -0.15) is 0 Å². The van der Waals surface area contributed by atoms with Crippen LogP contribution in [0.5, 0.6) is 0 Å². The topological polar surface area (TPSA) is 74.8 Å². The SMILES string of the molecule is C#CCC(CC)NC(=O)c1c[nH]c(=O)cn1. The number of aromatic amines is 1. The van der Waals surface area contributed by atoms with E-state index < -0.39 is 0 Å². The molecule has 16 heavy (non-hydrogen) atoms. The number of hydrogen-bond donors (Lipinski definition) is 2. The maximum Gasteiger partial charge on any atom is 0.271 e. The molecular formula is C11H13N3O2. The van der Waals surface area contributed by atoms with Crippen molar-refractivity contribution in [3.8, 4) is 12.3 Å². The van der Waals surface area contributed by atoms with Gasteiger partial charge in [-0.15, -0.1) is 12.3 Å². The summed E-state index contributed by atoms with van der Waals surface area (Å²) in [7, 11) is 0. The third-order valence-corrected chi connectivity index (χ3v) is 2.10. The van der Waals surface area contributed by atoms with Gasteiger partial charge in [0.25, 0.3) is 11.5 Å². The lowest BCUT2D eigenvalue weighted by Crippen LogP contribution is -2.35. The number of amides is 1. The molecule has 0 spiro atoms. The average Bonchev–Trinajstić information content (AvgIpc) is 2.29. The summed E-state index contributed by atoms with van der Waals surface area (Å²) in [6, 6.07) is -0.0637. The van der Waals surface area contributed by atoms with Crippen LogP contribution in [0.4, 0.5) is 0 Å². The fourth-order valence-corrected chi connectivity index (χ4v) is 1.17. The Morgan fingerprint density at radius 2 is 2.50 bits per heavy atom. The van der Waals surface area contributed by atoms with E-state index in [1.165, 1.54) is 6.20 Å². The van der Waals surface area contributed by atoms with Crippen LogP contribution in [-0.2, 0) is 0 Å². The zero-order valence-electron chi connectivity index (χ0n) is 8.99. The van der Waals surface area contributed by atoms with Gasteiger partial charge >= 0.3 is 0 Å². The van der Waals surface area contributed by atoms with Crippen molar-refractivity contribution in [1.29, 1.82) is 0 Å². The largest absolute Gasteiger partial charge is 0.347 e. The normalized spacial score (nSPS) is 11.5. The fraction of sp³-hybridized carbons (Fsp3) is 0.364. The van der Waals surface area contributed by atoms with Crippen LogP contribution in [0.15, 0.2) is 17.2 Å². The van der Waals surface area contributed by atoms with E-state index in [0.717, 1.165) is 12.6 Å². The highest BCUT2D eigenvalue weighted by Gasteiger charge is 2.12. The number of nitrogens with zero attached hydrogens (tertiary/aromatic N) is 1. The molecule has 1 rings (SSSR count). The van der Waals surface area contributed by atoms with E-state index in [1.54, 1.807) is 0 Å². The van der Waals surface area contributed by atoms with E-state index in [-0.39, 0.29) is 23.2 Å². The van der Waals surface area contributed by atoms with Crippen molar-refractivity contribution >= 4 is 5.91 Å². The molecule has 0 saturated carbocycles. The van der Waals surface area contributed by atoms with Crippen molar-refractivity contribution in [3.05, 3.63) is 28.4 Å². The van der Waals surface area contributed by atoms with Crippen molar-refractivity contribution in [3.63, 3.8) is 0 Å². The van der Waals surface area contributed by atoms with Gasteiger partial charge in [-0.25, -0.2) is 4.98 Å². The van der Waals surface area contributed by atoms with Crippen molar-refractivity contribution in [1.82, 2.24) is 15.3 Å². The van der Waals surface area contributed by atoms with Gasteiger partial charge in [0.15, 0.2) is 0 Å². The quantitative estimate of drug-likeness (QED) is 0.715. The molecule has 5 heteroatoms. The highest BCUT2D eigenvalue weighted by molar-refractivity contribution is 5.92. The second-order valence-corrected chi connectivity index (χ2v) is 3.28. The first kappa shape index (κ1) is 12.0. The third-order valence-electron chi connectivity index (χ3n) is 2.10. The maximum atomic E-state index is 11.6. The third kappa shape index (κ3) is 3.24. The van der Waals surface area contributed by atoms with Gasteiger partial charge in [-0.1, -0.05) is 6.92 Å². The smallest absolute Gasteiger partial charge is 0.271 e. The molecule has 0 saturated heterocycles. The average molecular weight is 219 g/mol. The van der Waals surface area contributed by atoms with Crippen LogP contribution >= 0.6 is 0 Å². The molecule has 1 amide bonds. The monoisotopic (exact) mass is 219 g/mol. The summed E-state index contributed by atoms with van der Waals surface area (Å²) in [6.45, 7) is 1.93. The second-order valence-electron chi connectivity index (χ2n) is 3.28. The molecule has 84 valence electrons. The lowest BCUT2D eigenvalue weighted by molar-refractivity contribution is 0.0931. The molecule has 5 nitrogen and oxygen atoms in total. The summed E-state index contributed by atoms with van der Waals surface area (Å²) < 4.78 is 0. The number of H-pyrrole nitrogens is 1. The molecule has 1 aromatic heterocycles. The lowest BCUT2D eigenvalue weighted by atomic mass is 10.1. The predicted molar refractivity (Wildman–Crippen MR) is 59.9 cm³/mol. The Morgan fingerprint density at radius 3 is 3.00 bits per heavy atom. The van der Waals surface area contributed by atoms with Crippen LogP contribution in [0.25, 0.3) is 0 Å². The van der Waals surface area contributed by atoms with E-state index in [0.29, 0.717) is 6.42 Å². The van der Waals surface area contributed by atoms with Crippen LogP contribution in [-0.4, -0.2) is 21.9 Å². The Bertz CT molecular complexity index is 439. The molecule has 0 aliphatic heterocycles. The van der Waals surface area contributed by atoms with Crippen molar-refractivity contribution < 1.29 is 4.79 Å². The zero-order valence-corrected chi connectivity index (χ0v) is 8.99. The molecule has 0 fully saturated rings. The van der Waals surface area contributed by atoms with Crippen molar-refractivity contribution in [2.75, 3.05) is 0 Å². The van der Waals surface area contributed by atoms with E-state index in [4.69, 9.17) is 6.42 Å². The first-order valence-corrected chi connectivity index (χ1v) is 4.96. The van der Waals surface area contributed by atoms with Gasteiger partial charge in [0.05, 0.1) is 6.20 Å². The zero-order chi connectivity index (χ0) is 12.0. The molecule has 0 radical (unpaired) electrons. The van der Waals surface area contributed by atoms with E-state index in [2.05, 4.69) is 21.2 Å². The summed E-state index contributed by atoms with van der Waals surface area (Å²) in [5, 5.41) is 2.74. The molecule has 0 bridgehead atoms. The summed E-state index contributed by atoms with van der Waals surface area (Å²) >= 11 is 0. The minimum atomic E-state index is -0.341. The van der Waals surface area contributed by atoms with Crippen LogP contribution < -0.4 is 10.9 Å². The standard InChI is InChI=1S/C11H13N3O2/c1-3-5-8(4-2)14-11(16)9-6-13-10(15)7-12-9/h1,6-8H,4-5H2,2H3,(H,13,15)(H,14,16). The molecular weight excluding hydrogens is 206 g/mol. The lowest BCUT2D eigenvalue weighted by Gasteiger charge is -2.13. The van der Waals surface area contributed by atoms with E-state index in [9.17, 15) is 9.59 Å². The molecule has 0 aliphatic rings. The Hall–Kier alpha value is -2.09. The Morgan fingerprint density at radius 1 is 1.75 bits per heavy atom. The van der Waals surface area contributed by atoms with Crippen LogP contribution in [0.3, 0.4) is 0 Å². The van der Waals surface area contributed by atoms with Crippen LogP contribution in [0, 0.1) is 12.3 Å². The van der Waals surface area contributed by atoms with Crippen molar-refractivity contribution in [2.45, 2.75) is 25.8 Å². The van der Waals surface area contributed by atoms with Crippen molar-refractivity contribution in [2.24, 2.45) is 0 Å². The Kier molecular flexibility index (Phi) is 4.28. The Balaban J connectivity index is 2.68. The van der Waals surface area contributed by atoms with Crippen LogP contribution in [0.2, 0.25) is 0 Å². The maximum absolute atomic E-state index is 11.6. The number of carbonyl (C=O) groups is 1. The van der Waals surface area contributed by atoms with Gasteiger partial charge in [0.2, 0.25) is 0 Å². The van der Waals surface area contributed by atoms with Gasteiger partial charge in [-0.3, -0.25) is 9.59 Å². The summed E-state index contributed by atoms with van der Waals surface area (Å²) in [5.41, 5.74) is -0.165. The first-order chi connectivity index (χ1) is 7.67. The number of terminal acetylenes is 1. The molecule has 0 aliphatic carbocycles. The van der Waals surface area contributed by atoms with Crippen LogP contribution in [0.1, 0.15) is 30.3 Å². The highest BCUT2D eigenvalue weighted by atomic mass is 16.2. The summed E-state index contributed by atoms with van der Waals surface area (Å²) in [6.07, 6.45) is 8.75. The Labute approximate surface area is 93.3 Å². The molecule has 1 aromatic rings. The van der Waals surface area contributed by atoms with Gasteiger partial charge in [-0.05, 0) is 6.42 Å². The predicted octanol–water partition coefficient (Wildman–Crippen LogP) is 0.302. The molecule has 2 N–H and O–H groups in total. The number of rotatable bonds is 4. The summed E-state index contributed by atoms with van der Waals surface area (Å²) in [5.74, 6) is 2.16. The number of aromatic nitrogens is 2. The summed E-state index contributed by atoms with van der Waals surface area (Å²) in [4.78, 5) is 28.5. The van der Waals surface area contributed by atoms with E-state index >= 15 is 0 Å². The first-order valence-electron chi connectivity index (χ1n) is 4.96. The minimum Gasteiger partial charge on any atom is -0.347 e.